The molecule has 0 radical (unpaired) electrons. The molecule has 4 N–H and O–H groups in total. The molecule has 0 saturated heterocycles. The number of fused-ring (bicyclic) bond motifs is 3. The van der Waals surface area contributed by atoms with Crippen LogP contribution in [0.25, 0.3) is 22.0 Å². The van der Waals surface area contributed by atoms with Crippen LogP contribution in [0.15, 0.2) is 30.6 Å². The zero-order valence-corrected chi connectivity index (χ0v) is 21.9. The highest BCUT2D eigenvalue weighted by atomic mass is 19.1. The Kier molecular flexibility index (Phi) is 5.91. The van der Waals surface area contributed by atoms with E-state index >= 15 is 4.39 Å². The number of nitrogen functional groups attached to an aromatic ring is 1. The lowest BCUT2D eigenvalue weighted by atomic mass is 9.93. The van der Waals surface area contributed by atoms with Gasteiger partial charge < -0.3 is 25.8 Å². The van der Waals surface area contributed by atoms with Gasteiger partial charge in [-0.3, -0.25) is 4.90 Å². The van der Waals surface area contributed by atoms with Crippen molar-refractivity contribution in [2.45, 2.75) is 26.3 Å². The van der Waals surface area contributed by atoms with Gasteiger partial charge in [-0.05, 0) is 62.2 Å². The minimum atomic E-state index is -0.530. The normalized spacial score (nSPS) is 16.8. The second-order valence-corrected chi connectivity index (χ2v) is 9.81. The number of nitrogens with one attached hydrogen (secondary N) is 2. The first-order chi connectivity index (χ1) is 18.4. The van der Waals surface area contributed by atoms with E-state index in [1.54, 1.807) is 25.6 Å². The van der Waals surface area contributed by atoms with Crippen molar-refractivity contribution in [3.63, 3.8) is 0 Å². The molecule has 1 atom stereocenters. The summed E-state index contributed by atoms with van der Waals surface area (Å²) in [6.07, 6.45) is 4.12. The maximum Gasteiger partial charge on any atom is 0.237 e. The number of aromatic nitrogens is 3. The van der Waals surface area contributed by atoms with Crippen molar-refractivity contribution in [2.24, 2.45) is 0 Å². The van der Waals surface area contributed by atoms with E-state index in [1.807, 2.05) is 6.92 Å². The van der Waals surface area contributed by atoms with Crippen LogP contribution < -0.4 is 25.8 Å². The average Bonchev–Trinajstić information content (AvgIpc) is 2.93. The van der Waals surface area contributed by atoms with Crippen molar-refractivity contribution in [1.29, 1.82) is 0 Å². The summed E-state index contributed by atoms with van der Waals surface area (Å²) < 4.78 is 26.8. The fraction of sp³-hybridized carbons (Fsp3) is 0.321. The minimum absolute atomic E-state index is 0.00592. The Balaban J connectivity index is 1.42. The van der Waals surface area contributed by atoms with Crippen LogP contribution in [-0.2, 0) is 6.42 Å². The van der Waals surface area contributed by atoms with Crippen LogP contribution in [0.5, 0.6) is 11.6 Å². The molecule has 2 aliphatic heterocycles. The smallest absolute Gasteiger partial charge is 0.237 e. The van der Waals surface area contributed by atoms with Gasteiger partial charge in [-0.2, -0.15) is 0 Å². The SMILES string of the molecule is COc1cc2c(cc1Nc1ncc3c(N)c(F)c(-c4cnc5c(c4C)NCCO5)cc3n1)C(C)N(C)CC2. The molecule has 4 heterocycles. The zero-order chi connectivity index (χ0) is 26.6. The third-order valence-corrected chi connectivity index (χ3v) is 7.65. The molecule has 0 saturated carbocycles. The van der Waals surface area contributed by atoms with E-state index in [0.717, 1.165) is 29.9 Å². The fourth-order valence-corrected chi connectivity index (χ4v) is 5.28. The van der Waals surface area contributed by atoms with Gasteiger partial charge >= 0.3 is 0 Å². The summed E-state index contributed by atoms with van der Waals surface area (Å²) in [5.74, 6) is 1.06. The van der Waals surface area contributed by atoms with Crippen molar-refractivity contribution in [2.75, 3.05) is 50.2 Å². The van der Waals surface area contributed by atoms with E-state index in [1.165, 1.54) is 11.1 Å². The molecule has 2 aromatic carbocycles. The summed E-state index contributed by atoms with van der Waals surface area (Å²) in [6.45, 7) is 6.29. The lowest BCUT2D eigenvalue weighted by molar-refractivity contribution is 0.247. The van der Waals surface area contributed by atoms with Gasteiger partial charge in [0.25, 0.3) is 0 Å². The van der Waals surface area contributed by atoms with Gasteiger partial charge in [0, 0.05) is 48.0 Å². The van der Waals surface area contributed by atoms with Crippen LogP contribution in [0, 0.1) is 12.7 Å². The number of anilines is 4. The molecular formula is C28H30FN7O2. The minimum Gasteiger partial charge on any atom is -0.495 e. The number of nitrogens with two attached hydrogens (primary N) is 1. The van der Waals surface area contributed by atoms with Crippen LogP contribution in [0.1, 0.15) is 29.7 Å². The molecular weight excluding hydrogens is 485 g/mol. The highest BCUT2D eigenvalue weighted by Crippen LogP contribution is 2.40. The summed E-state index contributed by atoms with van der Waals surface area (Å²) in [4.78, 5) is 15.8. The standard InChI is InChI=1S/C28H30FN7O2/c1-14-19(12-32-27-26(14)31-6-8-38-27)18-11-21-20(25(30)24(18)29)13-33-28(34-21)35-22-10-17-15(2)36(3)7-5-16(17)9-23(22)37-4/h9-13,15,31H,5-8,30H2,1-4H3,(H,33,34,35). The first kappa shape index (κ1) is 24.2. The molecule has 38 heavy (non-hydrogen) atoms. The largest absolute Gasteiger partial charge is 0.495 e. The van der Waals surface area contributed by atoms with Crippen LogP contribution in [0.2, 0.25) is 0 Å². The van der Waals surface area contributed by atoms with E-state index in [4.69, 9.17) is 20.2 Å². The van der Waals surface area contributed by atoms with Crippen molar-refractivity contribution in [3.05, 3.63) is 53.1 Å². The monoisotopic (exact) mass is 515 g/mol. The first-order valence-electron chi connectivity index (χ1n) is 12.6. The van der Waals surface area contributed by atoms with Crippen molar-refractivity contribution in [1.82, 2.24) is 19.9 Å². The Morgan fingerprint density at radius 2 is 2.05 bits per heavy atom. The van der Waals surface area contributed by atoms with Gasteiger partial charge in [-0.1, -0.05) is 0 Å². The Bertz CT molecular complexity index is 1580. The summed E-state index contributed by atoms with van der Waals surface area (Å²) >= 11 is 0. The topological polar surface area (TPSA) is 110 Å². The van der Waals surface area contributed by atoms with Crippen LogP contribution in [0.4, 0.5) is 27.4 Å². The van der Waals surface area contributed by atoms with E-state index in [2.05, 4.69) is 51.6 Å². The molecule has 2 aromatic heterocycles. The second kappa shape index (κ2) is 9.29. The summed E-state index contributed by atoms with van der Waals surface area (Å²) in [7, 11) is 3.78. The Hall–Kier alpha value is -4.18. The summed E-state index contributed by atoms with van der Waals surface area (Å²) in [5.41, 5.74) is 12.6. The lowest BCUT2D eigenvalue weighted by Crippen LogP contribution is -2.30. The number of halogens is 1. The predicted molar refractivity (Wildman–Crippen MR) is 147 cm³/mol. The number of rotatable bonds is 4. The van der Waals surface area contributed by atoms with Gasteiger partial charge in [-0.25, -0.2) is 19.3 Å². The first-order valence-corrected chi connectivity index (χ1v) is 12.6. The molecule has 0 bridgehead atoms. The highest BCUT2D eigenvalue weighted by molar-refractivity contribution is 5.96. The molecule has 9 nitrogen and oxygen atoms in total. The third kappa shape index (κ3) is 3.92. The van der Waals surface area contributed by atoms with Gasteiger partial charge in [0.15, 0.2) is 5.82 Å². The van der Waals surface area contributed by atoms with Crippen molar-refractivity contribution < 1.29 is 13.9 Å². The zero-order valence-electron chi connectivity index (χ0n) is 21.9. The fourth-order valence-electron chi connectivity index (χ4n) is 5.28. The number of ether oxygens (including phenoxy) is 2. The van der Waals surface area contributed by atoms with Gasteiger partial charge in [0.2, 0.25) is 11.8 Å². The van der Waals surface area contributed by atoms with E-state index < -0.39 is 5.82 Å². The molecule has 0 fully saturated rings. The maximum atomic E-state index is 15.5. The number of hydrogen-bond donors (Lipinski definition) is 3. The molecule has 196 valence electrons. The number of benzene rings is 2. The molecule has 0 spiro atoms. The lowest BCUT2D eigenvalue weighted by Gasteiger charge is -2.32. The predicted octanol–water partition coefficient (Wildman–Crippen LogP) is 4.83. The van der Waals surface area contributed by atoms with E-state index in [9.17, 15) is 0 Å². The number of hydrogen-bond acceptors (Lipinski definition) is 9. The van der Waals surface area contributed by atoms with Gasteiger partial charge in [0.1, 0.15) is 18.0 Å². The molecule has 10 heteroatoms. The Labute approximate surface area is 220 Å². The molecule has 6 rings (SSSR count). The highest BCUT2D eigenvalue weighted by Gasteiger charge is 2.24. The number of likely N-dealkylation sites (N-methyl/N-ethyl adjacent to an activating group) is 1. The van der Waals surface area contributed by atoms with Crippen LogP contribution >= 0.6 is 0 Å². The molecule has 1 unspecified atom stereocenters. The Morgan fingerprint density at radius 3 is 2.87 bits per heavy atom. The molecule has 2 aliphatic rings. The number of methoxy groups -OCH3 is 1. The van der Waals surface area contributed by atoms with E-state index in [-0.39, 0.29) is 11.7 Å². The summed E-state index contributed by atoms with van der Waals surface area (Å²) in [6, 6.07) is 6.15. The molecule has 0 amide bonds. The molecule has 0 aliphatic carbocycles. The molecule has 4 aromatic rings. The number of pyridine rings is 1. The average molecular weight is 516 g/mol. The summed E-state index contributed by atoms with van der Waals surface area (Å²) in [5, 5.41) is 7.04. The van der Waals surface area contributed by atoms with E-state index in [0.29, 0.717) is 52.8 Å². The number of nitrogens with zero attached hydrogens (tertiary/aromatic N) is 4. The van der Waals surface area contributed by atoms with Crippen molar-refractivity contribution >= 4 is 33.9 Å². The Morgan fingerprint density at radius 1 is 1.21 bits per heavy atom. The van der Waals surface area contributed by atoms with Gasteiger partial charge in [0.05, 0.1) is 24.0 Å². The third-order valence-electron chi connectivity index (χ3n) is 7.65. The van der Waals surface area contributed by atoms with Crippen LogP contribution in [0.3, 0.4) is 0 Å². The van der Waals surface area contributed by atoms with Crippen molar-refractivity contribution in [3.8, 4) is 22.8 Å². The maximum absolute atomic E-state index is 15.5. The van der Waals surface area contributed by atoms with Crippen LogP contribution in [-0.4, -0.2) is 53.7 Å². The quantitative estimate of drug-likeness (QED) is 0.329. The second-order valence-electron chi connectivity index (χ2n) is 9.81. The van der Waals surface area contributed by atoms with Gasteiger partial charge in [-0.15, -0.1) is 0 Å².